The molecule has 4 heteroatoms. The van der Waals surface area contributed by atoms with Crippen LogP contribution in [0.25, 0.3) is 0 Å². The van der Waals surface area contributed by atoms with Gasteiger partial charge in [0.2, 0.25) is 0 Å². The highest BCUT2D eigenvalue weighted by Crippen LogP contribution is 2.36. The molecule has 0 bridgehead atoms. The zero-order chi connectivity index (χ0) is 13.7. The molecular formula is C15H23NO2S. The van der Waals surface area contributed by atoms with E-state index in [1.165, 1.54) is 4.90 Å². The van der Waals surface area contributed by atoms with Crippen molar-refractivity contribution >= 4 is 11.8 Å². The van der Waals surface area contributed by atoms with Crippen LogP contribution in [-0.4, -0.2) is 38.7 Å². The molecule has 1 aromatic carbocycles. The first-order valence-electron chi connectivity index (χ1n) is 6.81. The number of thioether (sulfide) groups is 1. The number of ether oxygens (including phenoxy) is 2. The molecule has 0 fully saturated rings. The van der Waals surface area contributed by atoms with Gasteiger partial charge in [-0.15, -0.1) is 11.8 Å². The molecule has 0 radical (unpaired) electrons. The van der Waals surface area contributed by atoms with Crippen molar-refractivity contribution in [3.05, 3.63) is 24.3 Å². The first-order chi connectivity index (χ1) is 9.26. The van der Waals surface area contributed by atoms with Crippen molar-refractivity contribution in [1.29, 1.82) is 0 Å². The van der Waals surface area contributed by atoms with Crippen LogP contribution in [0.5, 0.6) is 5.75 Å². The summed E-state index contributed by atoms with van der Waals surface area (Å²) < 4.78 is 11.3. The fraction of sp³-hybridized carbons (Fsp3) is 0.600. The second-order valence-electron chi connectivity index (χ2n) is 4.99. The Labute approximate surface area is 120 Å². The molecular weight excluding hydrogens is 258 g/mol. The summed E-state index contributed by atoms with van der Waals surface area (Å²) in [5.41, 5.74) is 0. The average molecular weight is 281 g/mol. The zero-order valence-corrected chi connectivity index (χ0v) is 12.7. The quantitative estimate of drug-likeness (QED) is 0.868. The van der Waals surface area contributed by atoms with Crippen LogP contribution in [0.2, 0.25) is 0 Å². The molecule has 1 N–H and O–H groups in total. The summed E-state index contributed by atoms with van der Waals surface area (Å²) in [7, 11) is 3.77. The molecule has 3 unspecified atom stereocenters. The summed E-state index contributed by atoms with van der Waals surface area (Å²) in [6.07, 6.45) is 1.27. The first-order valence-corrected chi connectivity index (χ1v) is 7.79. The molecule has 0 saturated carbocycles. The van der Waals surface area contributed by atoms with Crippen molar-refractivity contribution in [2.45, 2.75) is 30.4 Å². The van der Waals surface area contributed by atoms with E-state index in [2.05, 4.69) is 30.4 Å². The molecule has 0 amide bonds. The van der Waals surface area contributed by atoms with Gasteiger partial charge in [-0.05, 0) is 31.5 Å². The lowest BCUT2D eigenvalue weighted by Gasteiger charge is -2.35. The molecule has 0 aromatic heterocycles. The van der Waals surface area contributed by atoms with Gasteiger partial charge in [-0.25, -0.2) is 0 Å². The molecule has 1 heterocycles. The third-order valence-electron chi connectivity index (χ3n) is 3.65. The van der Waals surface area contributed by atoms with E-state index < -0.39 is 0 Å². The second kappa shape index (κ2) is 7.17. The number of likely N-dealkylation sites (N-methyl/N-ethyl adjacent to an activating group) is 1. The molecule has 0 aliphatic carbocycles. The van der Waals surface area contributed by atoms with Crippen LogP contribution in [0, 0.1) is 5.92 Å². The second-order valence-corrected chi connectivity index (χ2v) is 6.05. The minimum absolute atomic E-state index is 0.219. The Kier molecular flexibility index (Phi) is 5.55. The van der Waals surface area contributed by atoms with Gasteiger partial charge in [0.05, 0.1) is 0 Å². The molecule has 1 aliphatic heterocycles. The van der Waals surface area contributed by atoms with Gasteiger partial charge in [0.1, 0.15) is 11.9 Å². The van der Waals surface area contributed by atoms with Gasteiger partial charge in [0.15, 0.2) is 0 Å². The summed E-state index contributed by atoms with van der Waals surface area (Å²) in [5, 5.41) is 3.42. The normalized spacial score (nSPS) is 21.3. The number of hydrogen-bond acceptors (Lipinski definition) is 4. The van der Waals surface area contributed by atoms with E-state index in [0.717, 1.165) is 24.5 Å². The number of fused-ring (bicyclic) bond motifs is 1. The lowest BCUT2D eigenvalue weighted by Crippen LogP contribution is -2.48. The summed E-state index contributed by atoms with van der Waals surface area (Å²) in [6, 6.07) is 8.63. The van der Waals surface area contributed by atoms with Gasteiger partial charge in [-0.2, -0.15) is 0 Å². The maximum absolute atomic E-state index is 6.16. The number of para-hydroxylation sites is 1. The third kappa shape index (κ3) is 3.65. The monoisotopic (exact) mass is 281 g/mol. The summed E-state index contributed by atoms with van der Waals surface area (Å²) in [4.78, 5) is 1.25. The fourth-order valence-electron chi connectivity index (χ4n) is 2.53. The van der Waals surface area contributed by atoms with E-state index >= 15 is 0 Å². The van der Waals surface area contributed by atoms with Crippen molar-refractivity contribution in [3.63, 3.8) is 0 Å². The molecule has 3 nitrogen and oxygen atoms in total. The Hall–Kier alpha value is -0.710. The van der Waals surface area contributed by atoms with E-state index in [-0.39, 0.29) is 6.10 Å². The SMILES string of the molecule is CNC(C(C)CCOC)C1CSc2ccccc2O1. The average Bonchev–Trinajstić information content (AvgIpc) is 2.45. The minimum Gasteiger partial charge on any atom is -0.487 e. The van der Waals surface area contributed by atoms with Crippen molar-refractivity contribution in [1.82, 2.24) is 5.32 Å². The van der Waals surface area contributed by atoms with Crippen molar-refractivity contribution < 1.29 is 9.47 Å². The molecule has 106 valence electrons. The predicted molar refractivity (Wildman–Crippen MR) is 80.1 cm³/mol. The lowest BCUT2D eigenvalue weighted by molar-refractivity contribution is 0.117. The first kappa shape index (κ1) is 14.7. The number of benzene rings is 1. The van der Waals surface area contributed by atoms with E-state index in [4.69, 9.17) is 9.47 Å². The Bertz CT molecular complexity index is 399. The van der Waals surface area contributed by atoms with E-state index in [9.17, 15) is 0 Å². The van der Waals surface area contributed by atoms with Crippen LogP contribution >= 0.6 is 11.8 Å². The highest BCUT2D eigenvalue weighted by molar-refractivity contribution is 7.99. The maximum atomic E-state index is 6.16. The molecule has 1 aromatic rings. The number of hydrogen-bond donors (Lipinski definition) is 1. The van der Waals surface area contributed by atoms with Gasteiger partial charge < -0.3 is 14.8 Å². The van der Waals surface area contributed by atoms with Crippen LogP contribution in [-0.2, 0) is 4.74 Å². The number of rotatable bonds is 6. The van der Waals surface area contributed by atoms with Gasteiger partial charge in [0, 0.05) is 30.4 Å². The molecule has 2 rings (SSSR count). The Morgan fingerprint density at radius 1 is 1.47 bits per heavy atom. The van der Waals surface area contributed by atoms with Gasteiger partial charge >= 0.3 is 0 Å². The molecule has 0 saturated heterocycles. The summed E-state index contributed by atoms with van der Waals surface area (Å²) in [5.74, 6) is 2.54. The molecule has 1 aliphatic rings. The van der Waals surface area contributed by atoms with Crippen LogP contribution in [0.3, 0.4) is 0 Å². The predicted octanol–water partition coefficient (Wildman–Crippen LogP) is 2.80. The lowest BCUT2D eigenvalue weighted by atomic mass is 9.94. The zero-order valence-electron chi connectivity index (χ0n) is 11.9. The van der Waals surface area contributed by atoms with Crippen molar-refractivity contribution in [2.75, 3.05) is 26.5 Å². The maximum Gasteiger partial charge on any atom is 0.133 e. The molecule has 19 heavy (non-hydrogen) atoms. The fourth-order valence-corrected chi connectivity index (χ4v) is 3.59. The topological polar surface area (TPSA) is 30.5 Å². The van der Waals surface area contributed by atoms with Gasteiger partial charge in [0.25, 0.3) is 0 Å². The minimum atomic E-state index is 0.219. The van der Waals surface area contributed by atoms with Crippen LogP contribution < -0.4 is 10.1 Å². The number of methoxy groups -OCH3 is 1. The van der Waals surface area contributed by atoms with Crippen LogP contribution in [0.15, 0.2) is 29.2 Å². The van der Waals surface area contributed by atoms with Crippen LogP contribution in [0.4, 0.5) is 0 Å². The van der Waals surface area contributed by atoms with Crippen molar-refractivity contribution in [3.8, 4) is 5.75 Å². The Balaban J connectivity index is 2.01. The van der Waals surface area contributed by atoms with E-state index in [1.54, 1.807) is 7.11 Å². The van der Waals surface area contributed by atoms with Gasteiger partial charge in [-0.1, -0.05) is 19.1 Å². The summed E-state index contributed by atoms with van der Waals surface area (Å²) in [6.45, 7) is 3.06. The number of nitrogens with one attached hydrogen (secondary N) is 1. The van der Waals surface area contributed by atoms with Gasteiger partial charge in [-0.3, -0.25) is 0 Å². The third-order valence-corrected chi connectivity index (χ3v) is 4.80. The van der Waals surface area contributed by atoms with Crippen LogP contribution in [0.1, 0.15) is 13.3 Å². The smallest absolute Gasteiger partial charge is 0.133 e. The van der Waals surface area contributed by atoms with E-state index in [1.807, 2.05) is 24.9 Å². The standard InChI is InChI=1S/C15H23NO2S/c1-11(8-9-17-3)15(16-2)13-10-19-14-7-5-4-6-12(14)18-13/h4-7,11,13,15-16H,8-10H2,1-3H3. The highest BCUT2D eigenvalue weighted by atomic mass is 32.2. The molecule has 3 atom stereocenters. The van der Waals surface area contributed by atoms with Crippen molar-refractivity contribution in [2.24, 2.45) is 5.92 Å². The highest BCUT2D eigenvalue weighted by Gasteiger charge is 2.30. The Morgan fingerprint density at radius 2 is 2.26 bits per heavy atom. The largest absolute Gasteiger partial charge is 0.487 e. The molecule has 0 spiro atoms. The van der Waals surface area contributed by atoms with E-state index in [0.29, 0.717) is 12.0 Å². The Morgan fingerprint density at radius 3 is 3.00 bits per heavy atom. The summed E-state index contributed by atoms with van der Waals surface area (Å²) >= 11 is 1.89.